The smallest absolute Gasteiger partial charge is 0.0856 e. The highest BCUT2D eigenvalue weighted by Crippen LogP contribution is 2.44. The van der Waals surface area contributed by atoms with Gasteiger partial charge in [-0.05, 0) is 43.7 Å². The summed E-state index contributed by atoms with van der Waals surface area (Å²) in [6.45, 7) is 4.31. The van der Waals surface area contributed by atoms with Gasteiger partial charge in [0, 0.05) is 0 Å². The Morgan fingerprint density at radius 1 is 1.38 bits per heavy atom. The first kappa shape index (κ1) is 11.6. The Kier molecular flexibility index (Phi) is 3.62. The normalized spacial score (nSPS) is 19.4. The molecule has 1 saturated carbocycles. The monoisotopic (exact) mass is 220 g/mol. The fraction of sp³-hybridized carbons (Fsp3) is 0.571. The van der Waals surface area contributed by atoms with Crippen molar-refractivity contribution in [2.75, 3.05) is 6.61 Å². The van der Waals surface area contributed by atoms with Gasteiger partial charge in [0.2, 0.25) is 0 Å². The first-order valence-electron chi connectivity index (χ1n) is 6.03. The number of aryl methyl sites for hydroxylation is 1. The number of ether oxygens (including phenoxy) is 1. The molecule has 0 spiro atoms. The van der Waals surface area contributed by atoms with Crippen molar-refractivity contribution in [2.24, 2.45) is 5.92 Å². The molecule has 1 N–H and O–H groups in total. The molecule has 16 heavy (non-hydrogen) atoms. The van der Waals surface area contributed by atoms with E-state index >= 15 is 0 Å². The highest BCUT2D eigenvalue weighted by molar-refractivity contribution is 5.29. The van der Waals surface area contributed by atoms with Crippen molar-refractivity contribution in [3.05, 3.63) is 35.4 Å². The van der Waals surface area contributed by atoms with Crippen LogP contribution in [0.4, 0.5) is 0 Å². The maximum atomic E-state index is 9.29. The molecule has 2 atom stereocenters. The number of hydrogen-bond acceptors (Lipinski definition) is 2. The summed E-state index contributed by atoms with van der Waals surface area (Å²) in [6.07, 6.45) is 2.29. The van der Waals surface area contributed by atoms with Gasteiger partial charge in [-0.2, -0.15) is 0 Å². The van der Waals surface area contributed by atoms with Crippen molar-refractivity contribution in [3.63, 3.8) is 0 Å². The van der Waals surface area contributed by atoms with Crippen LogP contribution in [0.25, 0.3) is 0 Å². The zero-order chi connectivity index (χ0) is 11.5. The molecular weight excluding hydrogens is 200 g/mol. The molecule has 2 nitrogen and oxygen atoms in total. The number of aliphatic hydroxyl groups excluding tert-OH is 1. The Labute approximate surface area is 97.3 Å². The van der Waals surface area contributed by atoms with Gasteiger partial charge in [-0.1, -0.05) is 24.3 Å². The quantitative estimate of drug-likeness (QED) is 0.826. The van der Waals surface area contributed by atoms with E-state index in [1.54, 1.807) is 6.92 Å². The van der Waals surface area contributed by atoms with Gasteiger partial charge in [-0.25, -0.2) is 0 Å². The summed E-state index contributed by atoms with van der Waals surface area (Å²) < 4.78 is 5.84. The minimum absolute atomic E-state index is 0.177. The first-order valence-corrected chi connectivity index (χ1v) is 6.03. The van der Waals surface area contributed by atoms with E-state index in [9.17, 15) is 5.11 Å². The van der Waals surface area contributed by atoms with Gasteiger partial charge in [0.15, 0.2) is 0 Å². The molecule has 0 aliphatic heterocycles. The van der Waals surface area contributed by atoms with Crippen LogP contribution in [0.1, 0.15) is 37.0 Å². The molecule has 0 aromatic heterocycles. The molecule has 1 aromatic carbocycles. The molecule has 0 heterocycles. The zero-order valence-corrected chi connectivity index (χ0v) is 10.0. The Morgan fingerprint density at radius 3 is 2.62 bits per heavy atom. The highest BCUT2D eigenvalue weighted by Gasteiger charge is 2.33. The van der Waals surface area contributed by atoms with E-state index < -0.39 is 0 Å². The van der Waals surface area contributed by atoms with E-state index in [-0.39, 0.29) is 12.2 Å². The van der Waals surface area contributed by atoms with Gasteiger partial charge < -0.3 is 9.84 Å². The molecule has 0 radical (unpaired) electrons. The van der Waals surface area contributed by atoms with Gasteiger partial charge in [-0.15, -0.1) is 0 Å². The van der Waals surface area contributed by atoms with E-state index in [1.807, 2.05) is 0 Å². The third-order valence-electron chi connectivity index (χ3n) is 3.06. The summed E-state index contributed by atoms with van der Waals surface area (Å²) in [5, 5.41) is 9.29. The Bertz CT molecular complexity index is 342. The number of aliphatic hydroxyl groups is 1. The molecule has 0 bridgehead atoms. The zero-order valence-electron chi connectivity index (χ0n) is 10.0. The van der Waals surface area contributed by atoms with Crippen LogP contribution in [0.2, 0.25) is 0 Å². The van der Waals surface area contributed by atoms with E-state index in [0.717, 1.165) is 0 Å². The highest BCUT2D eigenvalue weighted by atomic mass is 16.5. The minimum Gasteiger partial charge on any atom is -0.391 e. The van der Waals surface area contributed by atoms with Crippen molar-refractivity contribution < 1.29 is 9.84 Å². The molecule has 2 rings (SSSR count). The molecule has 1 aliphatic carbocycles. The van der Waals surface area contributed by atoms with Gasteiger partial charge in [-0.3, -0.25) is 0 Å². The lowest BCUT2D eigenvalue weighted by Gasteiger charge is -2.20. The van der Waals surface area contributed by atoms with Gasteiger partial charge >= 0.3 is 0 Å². The van der Waals surface area contributed by atoms with E-state index in [4.69, 9.17) is 4.74 Å². The lowest BCUT2D eigenvalue weighted by molar-refractivity contribution is -0.0142. The average Bonchev–Trinajstić information content (AvgIpc) is 3.04. The van der Waals surface area contributed by atoms with Crippen LogP contribution in [0.15, 0.2) is 24.3 Å². The second kappa shape index (κ2) is 4.98. The molecule has 1 aliphatic rings. The molecule has 1 aromatic rings. The summed E-state index contributed by atoms with van der Waals surface area (Å²) in [5.41, 5.74) is 2.57. The number of hydrogen-bond donors (Lipinski definition) is 1. The van der Waals surface area contributed by atoms with Crippen LogP contribution in [-0.4, -0.2) is 17.8 Å². The Hall–Kier alpha value is -0.860. The largest absolute Gasteiger partial charge is 0.391 e. The average molecular weight is 220 g/mol. The third kappa shape index (κ3) is 2.83. The lowest BCUT2D eigenvalue weighted by Crippen LogP contribution is -2.16. The predicted molar refractivity (Wildman–Crippen MR) is 64.3 cm³/mol. The van der Waals surface area contributed by atoms with Crippen LogP contribution in [0, 0.1) is 12.8 Å². The molecule has 0 saturated heterocycles. The molecular formula is C14H20O2. The van der Waals surface area contributed by atoms with E-state index in [2.05, 4.69) is 31.2 Å². The second-order valence-electron chi connectivity index (χ2n) is 4.80. The second-order valence-corrected chi connectivity index (χ2v) is 4.80. The van der Waals surface area contributed by atoms with Crippen molar-refractivity contribution in [2.45, 2.75) is 38.9 Å². The molecule has 1 fully saturated rings. The van der Waals surface area contributed by atoms with E-state index in [1.165, 1.54) is 24.0 Å². The maximum Gasteiger partial charge on any atom is 0.0856 e. The van der Waals surface area contributed by atoms with Crippen molar-refractivity contribution in [1.29, 1.82) is 0 Å². The summed E-state index contributed by atoms with van der Waals surface area (Å²) in [5.74, 6) is 0.653. The van der Waals surface area contributed by atoms with E-state index in [0.29, 0.717) is 12.5 Å². The fourth-order valence-electron chi connectivity index (χ4n) is 2.03. The molecule has 88 valence electrons. The van der Waals surface area contributed by atoms with Gasteiger partial charge in [0.1, 0.15) is 0 Å². The van der Waals surface area contributed by atoms with Crippen LogP contribution in [0.3, 0.4) is 0 Å². The van der Waals surface area contributed by atoms with Crippen LogP contribution in [0.5, 0.6) is 0 Å². The summed E-state index contributed by atoms with van der Waals surface area (Å²) >= 11 is 0. The van der Waals surface area contributed by atoms with Crippen molar-refractivity contribution in [1.82, 2.24) is 0 Å². The lowest BCUT2D eigenvalue weighted by atomic mass is 10.00. The van der Waals surface area contributed by atoms with Crippen molar-refractivity contribution >= 4 is 0 Å². The molecule has 0 amide bonds. The van der Waals surface area contributed by atoms with Crippen molar-refractivity contribution in [3.8, 4) is 0 Å². The summed E-state index contributed by atoms with van der Waals surface area (Å²) in [4.78, 5) is 0. The number of benzene rings is 1. The van der Waals surface area contributed by atoms with Crippen LogP contribution >= 0.6 is 0 Å². The van der Waals surface area contributed by atoms with Gasteiger partial charge in [0.25, 0.3) is 0 Å². The minimum atomic E-state index is -0.384. The number of rotatable bonds is 5. The van der Waals surface area contributed by atoms with Crippen LogP contribution in [-0.2, 0) is 4.74 Å². The summed E-state index contributed by atoms with van der Waals surface area (Å²) in [7, 11) is 0. The Morgan fingerprint density at radius 2 is 2.06 bits per heavy atom. The topological polar surface area (TPSA) is 29.5 Å². The molecule has 2 unspecified atom stereocenters. The Balaban J connectivity index is 2.10. The first-order chi connectivity index (χ1) is 7.68. The standard InChI is InChI=1S/C14H20O2/c1-10-5-3-4-6-13(10)14(12-7-8-12)16-9-11(2)15/h3-6,11-12,14-15H,7-9H2,1-2H3. The molecule has 2 heteroatoms. The fourth-order valence-corrected chi connectivity index (χ4v) is 2.03. The van der Waals surface area contributed by atoms with Crippen LogP contribution < -0.4 is 0 Å². The predicted octanol–water partition coefficient (Wildman–Crippen LogP) is 2.84. The SMILES string of the molecule is Cc1ccccc1C(OCC(C)O)C1CC1. The third-order valence-corrected chi connectivity index (χ3v) is 3.06. The van der Waals surface area contributed by atoms with Gasteiger partial charge in [0.05, 0.1) is 18.8 Å². The maximum absolute atomic E-state index is 9.29. The summed E-state index contributed by atoms with van der Waals surface area (Å²) in [6, 6.07) is 8.37.